The monoisotopic (exact) mass is 165 g/mol. The zero-order chi connectivity index (χ0) is 8.23. The predicted molar refractivity (Wildman–Crippen MR) is 47.8 cm³/mol. The molecule has 3 heteroatoms. The van der Waals surface area contributed by atoms with Crippen molar-refractivity contribution in [2.45, 2.75) is 19.4 Å². The molecule has 0 unspecified atom stereocenters. The van der Waals surface area contributed by atoms with Crippen LogP contribution in [0.4, 0.5) is 0 Å². The van der Waals surface area contributed by atoms with E-state index in [1.807, 2.05) is 18.7 Å². The second-order valence-electron chi connectivity index (χ2n) is 3.45. The Labute approximate surface area is 72.8 Å². The third-order valence-electron chi connectivity index (χ3n) is 2.49. The summed E-state index contributed by atoms with van der Waals surface area (Å²) < 4.78 is 2.18. The number of nitrogens with one attached hydrogen (secondary N) is 1. The molecule has 1 saturated heterocycles. The van der Waals surface area contributed by atoms with Crippen LogP contribution in [0.2, 0.25) is 0 Å². The van der Waals surface area contributed by atoms with Crippen LogP contribution in [0, 0.1) is 5.92 Å². The minimum Gasteiger partial charge on any atom is -0.337 e. The van der Waals surface area contributed by atoms with E-state index in [0.29, 0.717) is 0 Å². The average molecular weight is 165 g/mol. The van der Waals surface area contributed by atoms with Crippen LogP contribution in [0.15, 0.2) is 18.7 Å². The zero-order valence-corrected chi connectivity index (χ0v) is 7.24. The first kappa shape index (κ1) is 7.80. The fourth-order valence-corrected chi connectivity index (χ4v) is 1.76. The summed E-state index contributed by atoms with van der Waals surface area (Å²) in [6.45, 7) is 3.50. The van der Waals surface area contributed by atoms with E-state index in [1.54, 1.807) is 0 Å². The maximum absolute atomic E-state index is 4.04. The van der Waals surface area contributed by atoms with Gasteiger partial charge in [-0.2, -0.15) is 0 Å². The van der Waals surface area contributed by atoms with Crippen molar-refractivity contribution in [3.8, 4) is 0 Å². The van der Waals surface area contributed by atoms with Gasteiger partial charge in [-0.15, -0.1) is 0 Å². The van der Waals surface area contributed by atoms with Crippen molar-refractivity contribution in [3.05, 3.63) is 18.7 Å². The number of aromatic nitrogens is 2. The van der Waals surface area contributed by atoms with Crippen molar-refractivity contribution in [1.29, 1.82) is 0 Å². The van der Waals surface area contributed by atoms with Gasteiger partial charge in [0.1, 0.15) is 0 Å². The predicted octanol–water partition coefficient (Wildman–Crippen LogP) is 0.883. The molecule has 1 aromatic heterocycles. The van der Waals surface area contributed by atoms with Gasteiger partial charge in [-0.3, -0.25) is 0 Å². The molecule has 66 valence electrons. The summed E-state index contributed by atoms with van der Waals surface area (Å²) in [5, 5.41) is 3.37. The summed E-state index contributed by atoms with van der Waals surface area (Å²) in [4.78, 5) is 4.04. The van der Waals surface area contributed by atoms with Gasteiger partial charge >= 0.3 is 0 Å². The summed E-state index contributed by atoms with van der Waals surface area (Å²) in [7, 11) is 0. The van der Waals surface area contributed by atoms with Gasteiger partial charge in [0, 0.05) is 18.9 Å². The Morgan fingerprint density at radius 1 is 1.42 bits per heavy atom. The number of imidazole rings is 1. The minimum atomic E-state index is 0.848. The van der Waals surface area contributed by atoms with E-state index in [4.69, 9.17) is 0 Å². The van der Waals surface area contributed by atoms with Gasteiger partial charge in [0.15, 0.2) is 0 Å². The van der Waals surface area contributed by atoms with Gasteiger partial charge < -0.3 is 9.88 Å². The van der Waals surface area contributed by atoms with E-state index in [0.717, 1.165) is 12.5 Å². The minimum absolute atomic E-state index is 0.848. The Kier molecular flexibility index (Phi) is 2.42. The second-order valence-corrected chi connectivity index (χ2v) is 3.45. The highest BCUT2D eigenvalue weighted by molar-refractivity contribution is 4.77. The molecule has 1 aliphatic heterocycles. The standard InChI is InChI=1S/C9H15N3/c1-3-10-4-2-9(1)7-12-6-5-11-8-12/h5-6,8-10H,1-4,7H2. The maximum atomic E-state index is 4.04. The Balaban J connectivity index is 1.86. The van der Waals surface area contributed by atoms with Crippen molar-refractivity contribution in [2.24, 2.45) is 5.92 Å². The second kappa shape index (κ2) is 3.72. The highest BCUT2D eigenvalue weighted by Crippen LogP contribution is 2.13. The van der Waals surface area contributed by atoms with Gasteiger partial charge in [0.2, 0.25) is 0 Å². The first-order valence-corrected chi connectivity index (χ1v) is 4.61. The zero-order valence-electron chi connectivity index (χ0n) is 7.24. The summed E-state index contributed by atoms with van der Waals surface area (Å²) in [5.74, 6) is 0.848. The third-order valence-corrected chi connectivity index (χ3v) is 2.49. The van der Waals surface area contributed by atoms with Gasteiger partial charge in [-0.25, -0.2) is 4.98 Å². The van der Waals surface area contributed by atoms with Crippen LogP contribution in [-0.2, 0) is 6.54 Å². The molecule has 0 bridgehead atoms. The van der Waals surface area contributed by atoms with E-state index in [2.05, 4.69) is 14.9 Å². The molecule has 1 fully saturated rings. The molecule has 0 amide bonds. The molecule has 12 heavy (non-hydrogen) atoms. The highest BCUT2D eigenvalue weighted by atomic mass is 15.0. The van der Waals surface area contributed by atoms with E-state index in [9.17, 15) is 0 Å². The number of hydrogen-bond acceptors (Lipinski definition) is 2. The first-order chi connectivity index (χ1) is 5.95. The first-order valence-electron chi connectivity index (χ1n) is 4.61. The van der Waals surface area contributed by atoms with Crippen LogP contribution in [-0.4, -0.2) is 22.6 Å². The van der Waals surface area contributed by atoms with E-state index in [-0.39, 0.29) is 0 Å². The fraction of sp³-hybridized carbons (Fsp3) is 0.667. The molecule has 2 heterocycles. The maximum Gasteiger partial charge on any atom is 0.0945 e. The Morgan fingerprint density at radius 2 is 2.25 bits per heavy atom. The molecule has 0 atom stereocenters. The van der Waals surface area contributed by atoms with Gasteiger partial charge in [-0.1, -0.05) is 0 Å². The smallest absolute Gasteiger partial charge is 0.0945 e. The molecule has 2 rings (SSSR count). The molecule has 0 aliphatic carbocycles. The van der Waals surface area contributed by atoms with Crippen molar-refractivity contribution in [1.82, 2.24) is 14.9 Å². The van der Waals surface area contributed by atoms with Crippen LogP contribution in [0.3, 0.4) is 0 Å². The molecule has 1 N–H and O–H groups in total. The summed E-state index contributed by atoms with van der Waals surface area (Å²) >= 11 is 0. The number of hydrogen-bond donors (Lipinski definition) is 1. The van der Waals surface area contributed by atoms with Crippen LogP contribution in [0.25, 0.3) is 0 Å². The van der Waals surface area contributed by atoms with Crippen LogP contribution >= 0.6 is 0 Å². The molecule has 1 aromatic rings. The SMILES string of the molecule is c1cn(CC2CCNCC2)cn1. The summed E-state index contributed by atoms with van der Waals surface area (Å²) in [6, 6.07) is 0. The number of piperidine rings is 1. The molecular weight excluding hydrogens is 150 g/mol. The van der Waals surface area contributed by atoms with Crippen LogP contribution < -0.4 is 5.32 Å². The largest absolute Gasteiger partial charge is 0.337 e. The highest BCUT2D eigenvalue weighted by Gasteiger charge is 2.12. The normalized spacial score (nSPS) is 19.7. The summed E-state index contributed by atoms with van der Waals surface area (Å²) in [6.07, 6.45) is 8.40. The van der Waals surface area contributed by atoms with E-state index < -0.39 is 0 Å². The lowest BCUT2D eigenvalue weighted by Crippen LogP contribution is -2.29. The van der Waals surface area contributed by atoms with Gasteiger partial charge in [-0.05, 0) is 31.8 Å². The molecule has 0 saturated carbocycles. The lowest BCUT2D eigenvalue weighted by atomic mass is 9.98. The Hall–Kier alpha value is -0.830. The van der Waals surface area contributed by atoms with Crippen molar-refractivity contribution < 1.29 is 0 Å². The lowest BCUT2D eigenvalue weighted by molar-refractivity contribution is 0.333. The van der Waals surface area contributed by atoms with Crippen molar-refractivity contribution in [2.75, 3.05) is 13.1 Å². The number of nitrogens with zero attached hydrogens (tertiary/aromatic N) is 2. The average Bonchev–Trinajstić information content (AvgIpc) is 2.59. The van der Waals surface area contributed by atoms with E-state index >= 15 is 0 Å². The van der Waals surface area contributed by atoms with Crippen molar-refractivity contribution >= 4 is 0 Å². The van der Waals surface area contributed by atoms with Crippen molar-refractivity contribution in [3.63, 3.8) is 0 Å². The Bertz CT molecular complexity index is 212. The summed E-state index contributed by atoms with van der Waals surface area (Å²) in [5.41, 5.74) is 0. The van der Waals surface area contributed by atoms with E-state index in [1.165, 1.54) is 25.9 Å². The van der Waals surface area contributed by atoms with Crippen LogP contribution in [0.5, 0.6) is 0 Å². The molecular formula is C9H15N3. The topological polar surface area (TPSA) is 29.9 Å². The molecule has 3 nitrogen and oxygen atoms in total. The van der Waals surface area contributed by atoms with Crippen LogP contribution in [0.1, 0.15) is 12.8 Å². The Morgan fingerprint density at radius 3 is 2.92 bits per heavy atom. The quantitative estimate of drug-likeness (QED) is 0.705. The fourth-order valence-electron chi connectivity index (χ4n) is 1.76. The molecule has 1 aliphatic rings. The molecule has 0 radical (unpaired) electrons. The lowest BCUT2D eigenvalue weighted by Gasteiger charge is -2.22. The van der Waals surface area contributed by atoms with Gasteiger partial charge in [0.25, 0.3) is 0 Å². The third kappa shape index (κ3) is 1.85. The van der Waals surface area contributed by atoms with Gasteiger partial charge in [0.05, 0.1) is 6.33 Å². The molecule has 0 spiro atoms. The molecule has 0 aromatic carbocycles. The number of rotatable bonds is 2.